The Labute approximate surface area is 153 Å². The number of piperazine rings is 1. The van der Waals surface area contributed by atoms with Crippen LogP contribution in [0.4, 0.5) is 4.39 Å². The Balaban J connectivity index is 0.00000225. The second-order valence-electron chi connectivity index (χ2n) is 5.91. The van der Waals surface area contributed by atoms with Gasteiger partial charge in [-0.15, -0.1) is 12.4 Å². The number of hydrogen-bond donors (Lipinski definition) is 1. The fourth-order valence-electron chi connectivity index (χ4n) is 3.09. The molecule has 0 radical (unpaired) electrons. The van der Waals surface area contributed by atoms with Crippen molar-refractivity contribution in [1.29, 1.82) is 0 Å². The van der Waals surface area contributed by atoms with Gasteiger partial charge in [-0.1, -0.05) is 24.3 Å². The molecule has 1 amide bonds. The maximum atomic E-state index is 13.6. The van der Waals surface area contributed by atoms with Gasteiger partial charge in [-0.25, -0.2) is 4.39 Å². The highest BCUT2D eigenvalue weighted by atomic mass is 35.5. The Morgan fingerprint density at radius 3 is 2.84 bits per heavy atom. The molecule has 2 aromatic carbocycles. The lowest BCUT2D eigenvalue weighted by Gasteiger charge is -2.36. The number of halogens is 2. The quantitative estimate of drug-likeness (QED) is 0.906. The van der Waals surface area contributed by atoms with Crippen LogP contribution in [0.3, 0.4) is 0 Å². The molecule has 2 aromatic rings. The number of nitrogens with one attached hydrogen (secondary N) is 1. The van der Waals surface area contributed by atoms with Gasteiger partial charge >= 0.3 is 0 Å². The summed E-state index contributed by atoms with van der Waals surface area (Å²) in [7, 11) is 1.63. The summed E-state index contributed by atoms with van der Waals surface area (Å²) in [6, 6.07) is 13.8. The fourth-order valence-corrected chi connectivity index (χ4v) is 3.09. The molecule has 3 rings (SSSR count). The Morgan fingerprint density at radius 2 is 2.08 bits per heavy atom. The molecule has 1 aliphatic heterocycles. The van der Waals surface area contributed by atoms with Crippen LogP contribution in [0.2, 0.25) is 0 Å². The number of hydrogen-bond acceptors (Lipinski definition) is 3. The van der Waals surface area contributed by atoms with Gasteiger partial charge in [0.1, 0.15) is 5.82 Å². The van der Waals surface area contributed by atoms with E-state index in [0.717, 1.165) is 17.7 Å². The number of carbonyl (C=O) groups excluding carboxylic acids is 1. The van der Waals surface area contributed by atoms with Crippen LogP contribution in [0.5, 0.6) is 0 Å². The van der Waals surface area contributed by atoms with E-state index in [0.29, 0.717) is 25.3 Å². The molecular formula is C19H22ClFN2O2. The van der Waals surface area contributed by atoms with Crippen LogP contribution in [0.1, 0.15) is 27.5 Å². The topological polar surface area (TPSA) is 41.6 Å². The molecule has 4 nitrogen and oxygen atoms in total. The lowest BCUT2D eigenvalue weighted by molar-refractivity contribution is 0.0633. The van der Waals surface area contributed by atoms with E-state index >= 15 is 0 Å². The highest BCUT2D eigenvalue weighted by molar-refractivity contribution is 5.94. The lowest BCUT2D eigenvalue weighted by Crippen LogP contribution is -2.48. The van der Waals surface area contributed by atoms with Crippen LogP contribution in [0, 0.1) is 5.82 Å². The van der Waals surface area contributed by atoms with Crippen molar-refractivity contribution in [2.45, 2.75) is 12.6 Å². The van der Waals surface area contributed by atoms with E-state index in [1.165, 1.54) is 12.1 Å². The molecular weight excluding hydrogens is 343 g/mol. The number of nitrogens with zero attached hydrogens (tertiary/aromatic N) is 1. The van der Waals surface area contributed by atoms with Crippen molar-refractivity contribution in [3.05, 3.63) is 71.0 Å². The lowest BCUT2D eigenvalue weighted by atomic mass is 10.0. The molecule has 1 unspecified atom stereocenters. The fraction of sp³-hybridized carbons (Fsp3) is 0.316. The summed E-state index contributed by atoms with van der Waals surface area (Å²) in [6.07, 6.45) is 0. The second kappa shape index (κ2) is 8.94. The molecule has 0 saturated carbocycles. The SMILES string of the molecule is COCc1cccc(C(=O)N2CCNCC2c2cccc(F)c2)c1.Cl. The van der Waals surface area contributed by atoms with Crippen LogP contribution >= 0.6 is 12.4 Å². The van der Waals surface area contributed by atoms with Crippen LogP contribution < -0.4 is 5.32 Å². The minimum absolute atomic E-state index is 0. The van der Waals surface area contributed by atoms with Crippen molar-refractivity contribution in [3.8, 4) is 0 Å². The van der Waals surface area contributed by atoms with E-state index in [4.69, 9.17) is 4.74 Å². The van der Waals surface area contributed by atoms with Gasteiger partial charge in [0.2, 0.25) is 0 Å². The van der Waals surface area contributed by atoms with Gasteiger partial charge in [-0.2, -0.15) is 0 Å². The zero-order valence-electron chi connectivity index (χ0n) is 14.1. The molecule has 6 heteroatoms. The first-order valence-electron chi connectivity index (χ1n) is 8.04. The van der Waals surface area contributed by atoms with Gasteiger partial charge in [0.25, 0.3) is 5.91 Å². The first-order valence-corrected chi connectivity index (χ1v) is 8.04. The average molecular weight is 365 g/mol. The summed E-state index contributed by atoms with van der Waals surface area (Å²) in [5.41, 5.74) is 2.40. The van der Waals surface area contributed by atoms with Gasteiger partial charge in [0, 0.05) is 32.3 Å². The maximum absolute atomic E-state index is 13.6. The summed E-state index contributed by atoms with van der Waals surface area (Å²) in [5.74, 6) is -0.323. The average Bonchev–Trinajstić information content (AvgIpc) is 2.62. The summed E-state index contributed by atoms with van der Waals surface area (Å²) in [4.78, 5) is 14.8. The third-order valence-corrected chi connectivity index (χ3v) is 4.22. The molecule has 1 saturated heterocycles. The largest absolute Gasteiger partial charge is 0.380 e. The van der Waals surface area contributed by atoms with Crippen molar-refractivity contribution in [3.63, 3.8) is 0 Å². The van der Waals surface area contributed by atoms with Gasteiger partial charge < -0.3 is 15.0 Å². The monoisotopic (exact) mass is 364 g/mol. The first-order chi connectivity index (χ1) is 11.7. The summed E-state index contributed by atoms with van der Waals surface area (Å²) in [5, 5.41) is 3.28. The van der Waals surface area contributed by atoms with Crippen LogP contribution in [0.25, 0.3) is 0 Å². The van der Waals surface area contributed by atoms with Crippen LogP contribution in [-0.4, -0.2) is 37.6 Å². The molecule has 1 heterocycles. The van der Waals surface area contributed by atoms with E-state index in [9.17, 15) is 9.18 Å². The molecule has 1 atom stereocenters. The molecule has 25 heavy (non-hydrogen) atoms. The predicted octanol–water partition coefficient (Wildman–Crippen LogP) is 3.18. The number of benzene rings is 2. The predicted molar refractivity (Wildman–Crippen MR) is 97.5 cm³/mol. The Hall–Kier alpha value is -1.95. The van der Waals surface area contributed by atoms with Gasteiger partial charge in [-0.3, -0.25) is 4.79 Å². The summed E-state index contributed by atoms with van der Waals surface area (Å²) >= 11 is 0. The number of ether oxygens (including phenoxy) is 1. The molecule has 0 spiro atoms. The van der Waals surface area contributed by atoms with Crippen molar-refractivity contribution in [1.82, 2.24) is 10.2 Å². The van der Waals surface area contributed by atoms with Crippen LogP contribution in [-0.2, 0) is 11.3 Å². The smallest absolute Gasteiger partial charge is 0.254 e. The van der Waals surface area contributed by atoms with E-state index in [-0.39, 0.29) is 30.2 Å². The second-order valence-corrected chi connectivity index (χ2v) is 5.91. The third kappa shape index (κ3) is 4.57. The Bertz CT molecular complexity index is 726. The van der Waals surface area contributed by atoms with Gasteiger partial charge in [0.15, 0.2) is 0 Å². The zero-order valence-corrected chi connectivity index (χ0v) is 14.9. The Kier molecular flexibility index (Phi) is 6.93. The molecule has 0 aromatic heterocycles. The maximum Gasteiger partial charge on any atom is 0.254 e. The van der Waals surface area contributed by atoms with Crippen molar-refractivity contribution in [2.75, 3.05) is 26.7 Å². The minimum Gasteiger partial charge on any atom is -0.380 e. The van der Waals surface area contributed by atoms with E-state index in [1.54, 1.807) is 13.2 Å². The van der Waals surface area contributed by atoms with Crippen molar-refractivity contribution in [2.24, 2.45) is 0 Å². The molecule has 0 bridgehead atoms. The highest BCUT2D eigenvalue weighted by Gasteiger charge is 2.28. The molecule has 1 aliphatic rings. The molecule has 1 fully saturated rings. The van der Waals surface area contributed by atoms with Gasteiger partial charge in [-0.05, 0) is 35.4 Å². The third-order valence-electron chi connectivity index (χ3n) is 4.22. The molecule has 0 aliphatic carbocycles. The number of amides is 1. The number of methoxy groups -OCH3 is 1. The van der Waals surface area contributed by atoms with E-state index in [2.05, 4.69) is 5.32 Å². The van der Waals surface area contributed by atoms with Crippen molar-refractivity contribution < 1.29 is 13.9 Å². The zero-order chi connectivity index (χ0) is 16.9. The highest BCUT2D eigenvalue weighted by Crippen LogP contribution is 2.25. The van der Waals surface area contributed by atoms with Gasteiger partial charge in [0.05, 0.1) is 12.6 Å². The summed E-state index contributed by atoms with van der Waals surface area (Å²) in [6.45, 7) is 2.41. The van der Waals surface area contributed by atoms with Crippen molar-refractivity contribution >= 4 is 18.3 Å². The molecule has 1 N–H and O–H groups in total. The number of carbonyl (C=O) groups is 1. The minimum atomic E-state index is -0.285. The van der Waals surface area contributed by atoms with Crippen LogP contribution in [0.15, 0.2) is 48.5 Å². The van der Waals surface area contributed by atoms with E-state index in [1.807, 2.05) is 35.2 Å². The normalized spacial score (nSPS) is 17.0. The standard InChI is InChI=1S/C19H21FN2O2.ClH/c1-24-13-14-4-2-6-16(10-14)19(23)22-9-8-21-12-18(22)15-5-3-7-17(20)11-15;/h2-7,10-11,18,21H,8-9,12-13H2,1H3;1H. The summed E-state index contributed by atoms with van der Waals surface area (Å²) < 4.78 is 18.7. The number of rotatable bonds is 4. The molecule has 134 valence electrons. The Morgan fingerprint density at radius 1 is 1.28 bits per heavy atom. The van der Waals surface area contributed by atoms with E-state index < -0.39 is 0 Å². The first kappa shape index (κ1) is 19.4.